The van der Waals surface area contributed by atoms with Gasteiger partial charge in [-0.3, -0.25) is 0 Å². The normalized spacial score (nSPS) is 10.7. The zero-order chi connectivity index (χ0) is 9.42. The van der Waals surface area contributed by atoms with E-state index in [1.165, 1.54) is 6.33 Å². The first-order chi connectivity index (χ1) is 6.18. The number of benzene rings is 1. The van der Waals surface area contributed by atoms with Crippen LogP contribution in [0.1, 0.15) is 5.56 Å². The van der Waals surface area contributed by atoms with Crippen LogP contribution in [0.2, 0.25) is 5.15 Å². The molecule has 0 saturated heterocycles. The van der Waals surface area contributed by atoms with Crippen molar-refractivity contribution in [2.24, 2.45) is 0 Å². The fourth-order valence-electron chi connectivity index (χ4n) is 1.27. The monoisotopic (exact) mass is 304 g/mol. The second kappa shape index (κ2) is 3.38. The summed E-state index contributed by atoms with van der Waals surface area (Å²) in [4.78, 5) is 8.12. The Morgan fingerprint density at radius 2 is 2.08 bits per heavy atom. The van der Waals surface area contributed by atoms with Gasteiger partial charge >= 0.3 is 0 Å². The first kappa shape index (κ1) is 9.15. The molecule has 66 valence electrons. The first-order valence-electron chi connectivity index (χ1n) is 3.75. The summed E-state index contributed by atoms with van der Waals surface area (Å²) < 4.78 is 1.15. The van der Waals surface area contributed by atoms with E-state index in [1.54, 1.807) is 0 Å². The molecule has 0 aliphatic rings. The molecule has 0 fully saturated rings. The Hall–Kier alpha value is -0.420. The van der Waals surface area contributed by atoms with Crippen molar-refractivity contribution in [3.05, 3.63) is 32.7 Å². The van der Waals surface area contributed by atoms with Crippen LogP contribution in [0.3, 0.4) is 0 Å². The molecule has 2 nitrogen and oxygen atoms in total. The molecule has 2 aromatic rings. The van der Waals surface area contributed by atoms with Gasteiger partial charge in [-0.15, -0.1) is 0 Å². The molecule has 1 heterocycles. The zero-order valence-corrected chi connectivity index (χ0v) is 9.80. The Morgan fingerprint density at radius 3 is 2.85 bits per heavy atom. The molecule has 0 spiro atoms. The third kappa shape index (κ3) is 1.62. The highest BCUT2D eigenvalue weighted by atomic mass is 127. The average molecular weight is 305 g/mol. The van der Waals surface area contributed by atoms with Crippen LogP contribution in [-0.4, -0.2) is 9.97 Å². The molecule has 0 saturated carbocycles. The molecule has 0 amide bonds. The summed E-state index contributed by atoms with van der Waals surface area (Å²) in [5, 5.41) is 1.44. The Morgan fingerprint density at radius 1 is 1.31 bits per heavy atom. The molecular weight excluding hydrogens is 298 g/mol. The van der Waals surface area contributed by atoms with Crippen LogP contribution in [0.15, 0.2) is 18.5 Å². The quantitative estimate of drug-likeness (QED) is 0.552. The maximum absolute atomic E-state index is 5.95. The lowest BCUT2D eigenvalue weighted by atomic mass is 10.1. The lowest BCUT2D eigenvalue weighted by Gasteiger charge is -2.02. The summed E-state index contributed by atoms with van der Waals surface area (Å²) in [6.45, 7) is 2.02. The van der Waals surface area contributed by atoms with Gasteiger partial charge in [0.15, 0.2) is 0 Å². The van der Waals surface area contributed by atoms with Gasteiger partial charge < -0.3 is 0 Å². The van der Waals surface area contributed by atoms with Crippen LogP contribution in [0.4, 0.5) is 0 Å². The minimum atomic E-state index is 0.520. The second-order valence-electron chi connectivity index (χ2n) is 2.78. The Bertz CT molecular complexity index is 470. The maximum Gasteiger partial charge on any atom is 0.140 e. The number of aromatic nitrogens is 2. The molecule has 0 N–H and O–H groups in total. The second-order valence-corrected chi connectivity index (χ2v) is 4.39. The minimum absolute atomic E-state index is 0.520. The Labute approximate surface area is 94.5 Å². The molecule has 13 heavy (non-hydrogen) atoms. The molecule has 0 radical (unpaired) electrons. The van der Waals surface area contributed by atoms with Crippen molar-refractivity contribution < 1.29 is 0 Å². The third-order valence-electron chi connectivity index (χ3n) is 1.85. The van der Waals surface area contributed by atoms with Gasteiger partial charge in [-0.05, 0) is 47.2 Å². The predicted octanol–water partition coefficient (Wildman–Crippen LogP) is 3.20. The third-order valence-corrected chi connectivity index (χ3v) is 2.77. The fourth-order valence-corrected chi connectivity index (χ4v) is 2.24. The van der Waals surface area contributed by atoms with Crippen molar-refractivity contribution in [3.8, 4) is 0 Å². The van der Waals surface area contributed by atoms with Crippen LogP contribution >= 0.6 is 34.2 Å². The number of halogens is 2. The van der Waals surface area contributed by atoms with Crippen LogP contribution in [0.5, 0.6) is 0 Å². The van der Waals surface area contributed by atoms with Crippen molar-refractivity contribution in [2.75, 3.05) is 0 Å². The Kier molecular flexibility index (Phi) is 2.38. The number of nitrogens with zero attached hydrogens (tertiary/aromatic N) is 2. The minimum Gasteiger partial charge on any atom is -0.236 e. The predicted molar refractivity (Wildman–Crippen MR) is 62.0 cm³/mol. The van der Waals surface area contributed by atoms with E-state index in [0.29, 0.717) is 5.15 Å². The molecule has 1 aromatic carbocycles. The standard InChI is InChI=1S/C9H6ClIN2/c1-5-2-6(11)3-7-8(5)12-4-13-9(7)10/h2-4H,1H3. The van der Waals surface area contributed by atoms with E-state index in [1.807, 2.05) is 13.0 Å². The van der Waals surface area contributed by atoms with Gasteiger partial charge in [-0.25, -0.2) is 9.97 Å². The number of fused-ring (bicyclic) bond motifs is 1. The average Bonchev–Trinajstić information content (AvgIpc) is 2.07. The lowest BCUT2D eigenvalue weighted by molar-refractivity contribution is 1.21. The van der Waals surface area contributed by atoms with Crippen molar-refractivity contribution in [1.82, 2.24) is 9.97 Å². The SMILES string of the molecule is Cc1cc(I)cc2c(Cl)ncnc12. The van der Waals surface area contributed by atoms with Crippen LogP contribution in [-0.2, 0) is 0 Å². The summed E-state index contributed by atoms with van der Waals surface area (Å²) in [6.07, 6.45) is 1.49. The first-order valence-corrected chi connectivity index (χ1v) is 5.20. The molecule has 2 rings (SSSR count). The lowest BCUT2D eigenvalue weighted by Crippen LogP contribution is -1.88. The summed E-state index contributed by atoms with van der Waals surface area (Å²) in [7, 11) is 0. The summed E-state index contributed by atoms with van der Waals surface area (Å²) in [6, 6.07) is 4.07. The summed E-state index contributed by atoms with van der Waals surface area (Å²) in [5.41, 5.74) is 2.06. The number of rotatable bonds is 0. The number of hydrogen-bond donors (Lipinski definition) is 0. The zero-order valence-electron chi connectivity index (χ0n) is 6.88. The van der Waals surface area contributed by atoms with E-state index in [2.05, 4.69) is 38.6 Å². The highest BCUT2D eigenvalue weighted by Gasteiger charge is 2.04. The molecule has 4 heteroatoms. The van der Waals surface area contributed by atoms with Gasteiger partial charge in [-0.1, -0.05) is 11.6 Å². The highest BCUT2D eigenvalue weighted by molar-refractivity contribution is 14.1. The summed E-state index contributed by atoms with van der Waals surface area (Å²) in [5.74, 6) is 0. The molecule has 0 atom stereocenters. The molecule has 0 aliphatic heterocycles. The molecule has 0 unspecified atom stereocenters. The molecule has 0 aliphatic carbocycles. The van der Waals surface area contributed by atoms with E-state index in [9.17, 15) is 0 Å². The molecular formula is C9H6ClIN2. The fraction of sp³-hybridized carbons (Fsp3) is 0.111. The molecule has 0 bridgehead atoms. The van der Waals surface area contributed by atoms with E-state index >= 15 is 0 Å². The van der Waals surface area contributed by atoms with Crippen molar-refractivity contribution in [3.63, 3.8) is 0 Å². The number of aryl methyl sites for hydroxylation is 1. The smallest absolute Gasteiger partial charge is 0.140 e. The summed E-state index contributed by atoms with van der Waals surface area (Å²) >= 11 is 8.20. The number of hydrogen-bond acceptors (Lipinski definition) is 2. The van der Waals surface area contributed by atoms with Gasteiger partial charge in [-0.2, -0.15) is 0 Å². The van der Waals surface area contributed by atoms with Gasteiger partial charge in [0.2, 0.25) is 0 Å². The van der Waals surface area contributed by atoms with E-state index in [0.717, 1.165) is 20.0 Å². The van der Waals surface area contributed by atoms with Gasteiger partial charge in [0.1, 0.15) is 11.5 Å². The van der Waals surface area contributed by atoms with Crippen LogP contribution in [0.25, 0.3) is 10.9 Å². The van der Waals surface area contributed by atoms with Crippen LogP contribution in [0, 0.1) is 10.5 Å². The largest absolute Gasteiger partial charge is 0.236 e. The highest BCUT2D eigenvalue weighted by Crippen LogP contribution is 2.24. The topological polar surface area (TPSA) is 25.8 Å². The maximum atomic E-state index is 5.95. The van der Waals surface area contributed by atoms with Gasteiger partial charge in [0.25, 0.3) is 0 Å². The van der Waals surface area contributed by atoms with Crippen LogP contribution < -0.4 is 0 Å². The van der Waals surface area contributed by atoms with Gasteiger partial charge in [0.05, 0.1) is 5.52 Å². The van der Waals surface area contributed by atoms with E-state index in [-0.39, 0.29) is 0 Å². The van der Waals surface area contributed by atoms with Gasteiger partial charge in [0, 0.05) is 8.96 Å². The molecule has 1 aromatic heterocycles. The van der Waals surface area contributed by atoms with E-state index in [4.69, 9.17) is 11.6 Å². The Balaban J connectivity index is 2.94. The van der Waals surface area contributed by atoms with Crippen molar-refractivity contribution in [1.29, 1.82) is 0 Å². The van der Waals surface area contributed by atoms with Crippen molar-refractivity contribution in [2.45, 2.75) is 6.92 Å². The van der Waals surface area contributed by atoms with E-state index < -0.39 is 0 Å². The van der Waals surface area contributed by atoms with Crippen molar-refractivity contribution >= 4 is 45.1 Å².